The molecular formula is C22H23NO5. The number of carbonyl (C=O) groups is 3. The van der Waals surface area contributed by atoms with Gasteiger partial charge in [0, 0.05) is 25.4 Å². The van der Waals surface area contributed by atoms with Crippen LogP contribution in [0.5, 0.6) is 0 Å². The van der Waals surface area contributed by atoms with E-state index in [1.54, 1.807) is 23.1 Å². The molecule has 2 aromatic rings. The van der Waals surface area contributed by atoms with Gasteiger partial charge in [-0.15, -0.1) is 0 Å². The lowest BCUT2D eigenvalue weighted by atomic mass is 9.92. The van der Waals surface area contributed by atoms with Gasteiger partial charge in [0.05, 0.1) is 5.56 Å². The molecule has 2 aromatic carbocycles. The van der Waals surface area contributed by atoms with Crippen molar-refractivity contribution >= 4 is 17.8 Å². The summed E-state index contributed by atoms with van der Waals surface area (Å²) >= 11 is 0. The van der Waals surface area contributed by atoms with Crippen molar-refractivity contribution in [3.63, 3.8) is 0 Å². The van der Waals surface area contributed by atoms with Crippen molar-refractivity contribution in [1.82, 2.24) is 4.90 Å². The van der Waals surface area contributed by atoms with Gasteiger partial charge in [0.2, 0.25) is 5.91 Å². The van der Waals surface area contributed by atoms with Gasteiger partial charge in [0.25, 0.3) is 0 Å². The molecule has 0 unspecified atom stereocenters. The number of nitrogens with zero attached hydrogens (tertiary/aromatic N) is 1. The minimum absolute atomic E-state index is 0.0646. The molecule has 2 N–H and O–H groups in total. The number of aromatic carboxylic acids is 1. The molecule has 1 heterocycles. The molecule has 0 spiro atoms. The van der Waals surface area contributed by atoms with Crippen molar-refractivity contribution in [3.05, 3.63) is 70.8 Å². The van der Waals surface area contributed by atoms with E-state index in [1.807, 2.05) is 30.3 Å². The SMILES string of the molecule is O=C(O)CC[C@@H]1Cc2cc(C(=O)O)ccc2CN(CCc2ccccc2)C1=O. The van der Waals surface area contributed by atoms with Crippen LogP contribution >= 0.6 is 0 Å². The molecule has 1 atom stereocenters. The first-order valence-corrected chi connectivity index (χ1v) is 9.33. The lowest BCUT2D eigenvalue weighted by Gasteiger charge is -2.24. The number of rotatable bonds is 7. The molecule has 6 nitrogen and oxygen atoms in total. The summed E-state index contributed by atoms with van der Waals surface area (Å²) < 4.78 is 0. The average molecular weight is 381 g/mol. The molecule has 0 saturated heterocycles. The van der Waals surface area contributed by atoms with Crippen LogP contribution in [0.15, 0.2) is 48.5 Å². The molecule has 1 aliphatic heterocycles. The second-order valence-corrected chi connectivity index (χ2v) is 7.12. The Kier molecular flexibility index (Phi) is 6.09. The standard InChI is InChI=1S/C22H23NO5/c24-20(25)9-8-16-12-19-13-17(22(27)28)6-7-18(19)14-23(21(16)26)11-10-15-4-2-1-3-5-15/h1-7,13,16H,8-12,14H2,(H,24,25)(H,27,28)/t16-/m1/s1. The van der Waals surface area contributed by atoms with Crippen molar-refractivity contribution in [1.29, 1.82) is 0 Å². The van der Waals surface area contributed by atoms with E-state index in [4.69, 9.17) is 5.11 Å². The number of fused-ring (bicyclic) bond motifs is 1. The van der Waals surface area contributed by atoms with Crippen molar-refractivity contribution < 1.29 is 24.6 Å². The van der Waals surface area contributed by atoms with E-state index in [0.29, 0.717) is 25.9 Å². The third kappa shape index (κ3) is 4.76. The summed E-state index contributed by atoms with van der Waals surface area (Å²) in [5.74, 6) is -2.48. The fourth-order valence-corrected chi connectivity index (χ4v) is 3.62. The first-order chi connectivity index (χ1) is 13.4. The number of hydrogen-bond acceptors (Lipinski definition) is 3. The van der Waals surface area contributed by atoms with Crippen molar-refractivity contribution in [2.24, 2.45) is 5.92 Å². The molecule has 0 fully saturated rings. The first kappa shape index (κ1) is 19.6. The summed E-state index contributed by atoms with van der Waals surface area (Å²) in [5.41, 5.74) is 3.04. The molecular weight excluding hydrogens is 358 g/mol. The van der Waals surface area contributed by atoms with Crippen LogP contribution in [0.3, 0.4) is 0 Å². The lowest BCUT2D eigenvalue weighted by molar-refractivity contribution is -0.139. The second kappa shape index (κ2) is 8.69. The van der Waals surface area contributed by atoms with E-state index < -0.39 is 17.9 Å². The average Bonchev–Trinajstić information content (AvgIpc) is 2.81. The summed E-state index contributed by atoms with van der Waals surface area (Å²) in [6, 6.07) is 14.8. The van der Waals surface area contributed by atoms with Gasteiger partial charge >= 0.3 is 11.9 Å². The molecule has 0 aromatic heterocycles. The zero-order valence-electron chi connectivity index (χ0n) is 15.5. The molecule has 0 saturated carbocycles. The smallest absolute Gasteiger partial charge is 0.335 e. The topological polar surface area (TPSA) is 94.9 Å². The summed E-state index contributed by atoms with van der Waals surface area (Å²) in [7, 11) is 0. The third-order valence-electron chi connectivity index (χ3n) is 5.16. The molecule has 28 heavy (non-hydrogen) atoms. The summed E-state index contributed by atoms with van der Waals surface area (Å²) in [6.07, 6.45) is 1.23. The van der Waals surface area contributed by atoms with Crippen LogP contribution in [-0.2, 0) is 29.0 Å². The largest absolute Gasteiger partial charge is 0.481 e. The molecule has 146 valence electrons. The molecule has 3 rings (SSSR count). The molecule has 0 bridgehead atoms. The Morgan fingerprint density at radius 3 is 2.46 bits per heavy atom. The van der Waals surface area contributed by atoms with E-state index in [9.17, 15) is 19.5 Å². The van der Waals surface area contributed by atoms with Gasteiger partial charge in [-0.2, -0.15) is 0 Å². The maximum Gasteiger partial charge on any atom is 0.335 e. The van der Waals surface area contributed by atoms with Crippen LogP contribution in [-0.4, -0.2) is 39.5 Å². The highest BCUT2D eigenvalue weighted by Crippen LogP contribution is 2.27. The maximum absolute atomic E-state index is 13.1. The molecule has 0 radical (unpaired) electrons. The Labute approximate surface area is 163 Å². The van der Waals surface area contributed by atoms with Crippen LogP contribution in [0.4, 0.5) is 0 Å². The number of benzene rings is 2. The highest BCUT2D eigenvalue weighted by molar-refractivity contribution is 5.88. The molecule has 1 amide bonds. The zero-order chi connectivity index (χ0) is 20.1. The quantitative estimate of drug-likeness (QED) is 0.769. The van der Waals surface area contributed by atoms with E-state index in [-0.39, 0.29) is 24.3 Å². The molecule has 1 aliphatic rings. The second-order valence-electron chi connectivity index (χ2n) is 7.12. The van der Waals surface area contributed by atoms with Crippen molar-refractivity contribution in [2.75, 3.05) is 6.54 Å². The van der Waals surface area contributed by atoms with E-state index in [1.165, 1.54) is 0 Å². The fourth-order valence-electron chi connectivity index (χ4n) is 3.62. The number of carboxylic acids is 2. The predicted molar refractivity (Wildman–Crippen MR) is 103 cm³/mol. The molecule has 0 aliphatic carbocycles. The lowest BCUT2D eigenvalue weighted by Crippen LogP contribution is -2.36. The highest BCUT2D eigenvalue weighted by Gasteiger charge is 2.30. The van der Waals surface area contributed by atoms with Gasteiger partial charge in [0.1, 0.15) is 0 Å². The van der Waals surface area contributed by atoms with Gasteiger partial charge in [-0.1, -0.05) is 36.4 Å². The number of aliphatic carboxylic acids is 1. The summed E-state index contributed by atoms with van der Waals surface area (Å²) in [6.45, 7) is 0.941. The maximum atomic E-state index is 13.1. The molecule has 6 heteroatoms. The van der Waals surface area contributed by atoms with Gasteiger partial charge in [0.15, 0.2) is 0 Å². The van der Waals surface area contributed by atoms with Gasteiger partial charge in [-0.25, -0.2) is 4.79 Å². The number of amides is 1. The minimum atomic E-state index is -1.01. The fraction of sp³-hybridized carbons (Fsp3) is 0.318. The normalized spacial score (nSPS) is 16.4. The highest BCUT2D eigenvalue weighted by atomic mass is 16.4. The Morgan fingerprint density at radius 2 is 1.79 bits per heavy atom. The van der Waals surface area contributed by atoms with E-state index in [2.05, 4.69) is 0 Å². The van der Waals surface area contributed by atoms with Gasteiger partial charge < -0.3 is 15.1 Å². The Balaban J connectivity index is 1.85. The Morgan fingerprint density at radius 1 is 1.04 bits per heavy atom. The van der Waals surface area contributed by atoms with Crippen LogP contribution < -0.4 is 0 Å². The summed E-state index contributed by atoms with van der Waals surface area (Å²) in [5, 5.41) is 18.3. The van der Waals surface area contributed by atoms with Crippen LogP contribution in [0.2, 0.25) is 0 Å². The minimum Gasteiger partial charge on any atom is -0.481 e. The van der Waals surface area contributed by atoms with E-state index in [0.717, 1.165) is 16.7 Å². The Bertz CT molecular complexity index is 878. The van der Waals surface area contributed by atoms with Crippen LogP contribution in [0.1, 0.15) is 39.9 Å². The van der Waals surface area contributed by atoms with Gasteiger partial charge in [-0.3, -0.25) is 9.59 Å². The first-order valence-electron chi connectivity index (χ1n) is 9.33. The zero-order valence-corrected chi connectivity index (χ0v) is 15.5. The summed E-state index contributed by atoms with van der Waals surface area (Å²) in [4.78, 5) is 37.2. The van der Waals surface area contributed by atoms with E-state index >= 15 is 0 Å². The monoisotopic (exact) mass is 381 g/mol. The van der Waals surface area contributed by atoms with Crippen LogP contribution in [0.25, 0.3) is 0 Å². The predicted octanol–water partition coefficient (Wildman–Crippen LogP) is 2.99. The number of hydrogen-bond donors (Lipinski definition) is 2. The van der Waals surface area contributed by atoms with Crippen LogP contribution in [0, 0.1) is 5.92 Å². The van der Waals surface area contributed by atoms with Gasteiger partial charge in [-0.05, 0) is 48.1 Å². The third-order valence-corrected chi connectivity index (χ3v) is 5.16. The van der Waals surface area contributed by atoms with Crippen molar-refractivity contribution in [3.8, 4) is 0 Å². The van der Waals surface area contributed by atoms with Crippen molar-refractivity contribution in [2.45, 2.75) is 32.2 Å². The Hall–Kier alpha value is -3.15. The number of carboxylic acid groups (broad SMARTS) is 2. The number of carbonyl (C=O) groups excluding carboxylic acids is 1.